The van der Waals surface area contributed by atoms with Crippen LogP contribution in [0.3, 0.4) is 0 Å². The highest BCUT2D eigenvalue weighted by Gasteiger charge is 2.12. The fourth-order valence-corrected chi connectivity index (χ4v) is 2.12. The lowest BCUT2D eigenvalue weighted by atomic mass is 10.2. The predicted octanol–water partition coefficient (Wildman–Crippen LogP) is 1.17. The van der Waals surface area contributed by atoms with E-state index < -0.39 is 6.10 Å². The maximum atomic E-state index is 10.1. The van der Waals surface area contributed by atoms with Gasteiger partial charge in [0.25, 0.3) is 0 Å². The van der Waals surface area contributed by atoms with Gasteiger partial charge in [-0.3, -0.25) is 4.90 Å². The van der Waals surface area contributed by atoms with Gasteiger partial charge in [-0.25, -0.2) is 0 Å². The standard InChI is InChI=1S/C17H29NO5/c1-20-10-8-18(9-11-21-2)12-16(19)14-23-13-15-4-6-17(22-3)7-5-15/h4-7,16,19H,8-14H2,1-3H3/t16-/m0/s1. The minimum absolute atomic E-state index is 0.294. The van der Waals surface area contributed by atoms with Crippen molar-refractivity contribution >= 4 is 0 Å². The van der Waals surface area contributed by atoms with E-state index in [4.69, 9.17) is 18.9 Å². The van der Waals surface area contributed by atoms with Crippen LogP contribution in [0.1, 0.15) is 5.56 Å². The Morgan fingerprint density at radius 1 is 1.00 bits per heavy atom. The summed E-state index contributed by atoms with van der Waals surface area (Å²) in [6.07, 6.45) is -0.540. The van der Waals surface area contributed by atoms with Crippen molar-refractivity contribution in [2.75, 3.05) is 60.8 Å². The zero-order chi connectivity index (χ0) is 16.9. The van der Waals surface area contributed by atoms with Gasteiger partial charge in [0.2, 0.25) is 0 Å². The van der Waals surface area contributed by atoms with Crippen LogP contribution >= 0.6 is 0 Å². The van der Waals surface area contributed by atoms with E-state index in [1.807, 2.05) is 24.3 Å². The molecule has 0 fully saturated rings. The molecule has 1 rings (SSSR count). The third-order valence-electron chi connectivity index (χ3n) is 3.43. The highest BCUT2D eigenvalue weighted by molar-refractivity contribution is 5.26. The summed E-state index contributed by atoms with van der Waals surface area (Å²) in [6.45, 7) is 4.08. The summed E-state index contributed by atoms with van der Waals surface area (Å²) in [4.78, 5) is 2.11. The molecule has 0 aliphatic rings. The molecule has 0 bridgehead atoms. The average Bonchev–Trinajstić information content (AvgIpc) is 2.58. The zero-order valence-electron chi connectivity index (χ0n) is 14.4. The molecule has 0 spiro atoms. The largest absolute Gasteiger partial charge is 0.497 e. The second kappa shape index (κ2) is 12.3. The van der Waals surface area contributed by atoms with E-state index in [-0.39, 0.29) is 0 Å². The van der Waals surface area contributed by atoms with Crippen molar-refractivity contribution < 1.29 is 24.1 Å². The van der Waals surface area contributed by atoms with Crippen LogP contribution < -0.4 is 4.74 Å². The van der Waals surface area contributed by atoms with E-state index in [1.54, 1.807) is 21.3 Å². The molecule has 6 nitrogen and oxygen atoms in total. The van der Waals surface area contributed by atoms with Crippen molar-refractivity contribution in [2.24, 2.45) is 0 Å². The molecule has 0 amide bonds. The molecular formula is C17H29NO5. The second-order valence-corrected chi connectivity index (χ2v) is 5.30. The van der Waals surface area contributed by atoms with Crippen LogP contribution in [0.2, 0.25) is 0 Å². The van der Waals surface area contributed by atoms with Crippen LogP contribution in [0.4, 0.5) is 0 Å². The number of methoxy groups -OCH3 is 3. The molecule has 1 N–H and O–H groups in total. The highest BCUT2D eigenvalue weighted by Crippen LogP contribution is 2.12. The van der Waals surface area contributed by atoms with Gasteiger partial charge in [-0.05, 0) is 17.7 Å². The monoisotopic (exact) mass is 327 g/mol. The van der Waals surface area contributed by atoms with Gasteiger partial charge in [-0.15, -0.1) is 0 Å². The van der Waals surface area contributed by atoms with Crippen molar-refractivity contribution in [3.8, 4) is 5.75 Å². The Morgan fingerprint density at radius 2 is 1.61 bits per heavy atom. The number of ether oxygens (including phenoxy) is 4. The number of benzene rings is 1. The fraction of sp³-hybridized carbons (Fsp3) is 0.647. The summed E-state index contributed by atoms with van der Waals surface area (Å²) >= 11 is 0. The Bertz CT molecular complexity index is 390. The summed E-state index contributed by atoms with van der Waals surface area (Å²) in [5.74, 6) is 0.820. The normalized spacial score (nSPS) is 12.6. The Kier molecular flexibility index (Phi) is 10.6. The Hall–Kier alpha value is -1.18. The maximum Gasteiger partial charge on any atom is 0.118 e. The summed E-state index contributed by atoms with van der Waals surface area (Å²) < 4.78 is 20.9. The molecule has 6 heteroatoms. The number of aliphatic hydroxyl groups excluding tert-OH is 1. The molecule has 132 valence electrons. The summed E-state index contributed by atoms with van der Waals surface area (Å²) in [5, 5.41) is 10.1. The summed E-state index contributed by atoms with van der Waals surface area (Å²) in [6, 6.07) is 7.70. The van der Waals surface area contributed by atoms with E-state index in [0.29, 0.717) is 33.0 Å². The van der Waals surface area contributed by atoms with Gasteiger partial charge in [0.15, 0.2) is 0 Å². The molecule has 23 heavy (non-hydrogen) atoms. The molecule has 1 aromatic carbocycles. The van der Waals surface area contributed by atoms with Gasteiger partial charge >= 0.3 is 0 Å². The summed E-state index contributed by atoms with van der Waals surface area (Å²) in [5.41, 5.74) is 1.05. The van der Waals surface area contributed by atoms with Gasteiger partial charge in [0, 0.05) is 33.9 Å². The van der Waals surface area contributed by atoms with Gasteiger partial charge < -0.3 is 24.1 Å². The molecule has 0 aliphatic carbocycles. The number of hydrogen-bond donors (Lipinski definition) is 1. The van der Waals surface area contributed by atoms with Gasteiger partial charge in [0.05, 0.1) is 39.6 Å². The van der Waals surface area contributed by atoms with Crippen LogP contribution in [0.15, 0.2) is 24.3 Å². The highest BCUT2D eigenvalue weighted by atomic mass is 16.5. The zero-order valence-corrected chi connectivity index (χ0v) is 14.4. The Morgan fingerprint density at radius 3 is 2.13 bits per heavy atom. The SMILES string of the molecule is COCCN(CCOC)C[C@H](O)COCc1ccc(OC)cc1. The van der Waals surface area contributed by atoms with Crippen LogP contribution in [-0.4, -0.2) is 76.9 Å². The van der Waals surface area contributed by atoms with Gasteiger partial charge in [0.1, 0.15) is 5.75 Å². The lowest BCUT2D eigenvalue weighted by Gasteiger charge is -2.24. The van der Waals surface area contributed by atoms with Crippen molar-refractivity contribution in [1.82, 2.24) is 4.90 Å². The lowest BCUT2D eigenvalue weighted by Crippen LogP contribution is -2.38. The molecule has 1 atom stereocenters. The lowest BCUT2D eigenvalue weighted by molar-refractivity contribution is 0.00235. The predicted molar refractivity (Wildman–Crippen MR) is 88.8 cm³/mol. The van der Waals surface area contributed by atoms with E-state index in [9.17, 15) is 5.11 Å². The first-order valence-electron chi connectivity index (χ1n) is 7.78. The van der Waals surface area contributed by atoms with Gasteiger partial charge in [-0.2, -0.15) is 0 Å². The number of rotatable bonds is 13. The van der Waals surface area contributed by atoms with Crippen LogP contribution in [0, 0.1) is 0 Å². The number of nitrogens with zero attached hydrogens (tertiary/aromatic N) is 1. The Balaban J connectivity index is 2.28. The Labute approximate surface area is 138 Å². The van der Waals surface area contributed by atoms with E-state index in [2.05, 4.69) is 4.90 Å². The van der Waals surface area contributed by atoms with E-state index in [0.717, 1.165) is 24.4 Å². The van der Waals surface area contributed by atoms with Crippen molar-refractivity contribution in [3.63, 3.8) is 0 Å². The third kappa shape index (κ3) is 8.88. The first-order valence-corrected chi connectivity index (χ1v) is 7.78. The number of aliphatic hydroxyl groups is 1. The minimum atomic E-state index is -0.540. The maximum absolute atomic E-state index is 10.1. The third-order valence-corrected chi connectivity index (χ3v) is 3.43. The molecular weight excluding hydrogens is 298 g/mol. The van der Waals surface area contributed by atoms with E-state index >= 15 is 0 Å². The van der Waals surface area contributed by atoms with Crippen molar-refractivity contribution in [1.29, 1.82) is 0 Å². The first-order chi connectivity index (χ1) is 11.2. The van der Waals surface area contributed by atoms with Gasteiger partial charge in [-0.1, -0.05) is 12.1 Å². The fourth-order valence-electron chi connectivity index (χ4n) is 2.12. The second-order valence-electron chi connectivity index (χ2n) is 5.30. The van der Waals surface area contributed by atoms with Crippen LogP contribution in [-0.2, 0) is 20.8 Å². The molecule has 0 saturated heterocycles. The van der Waals surface area contributed by atoms with Crippen molar-refractivity contribution in [2.45, 2.75) is 12.7 Å². The average molecular weight is 327 g/mol. The topological polar surface area (TPSA) is 60.4 Å². The molecule has 0 heterocycles. The molecule has 0 aliphatic heterocycles. The molecule has 0 radical (unpaired) electrons. The van der Waals surface area contributed by atoms with Crippen LogP contribution in [0.25, 0.3) is 0 Å². The molecule has 0 aromatic heterocycles. The molecule has 1 aromatic rings. The molecule has 0 unspecified atom stereocenters. The van der Waals surface area contributed by atoms with Crippen LogP contribution in [0.5, 0.6) is 5.75 Å². The first kappa shape index (κ1) is 19.9. The number of hydrogen-bond acceptors (Lipinski definition) is 6. The van der Waals surface area contributed by atoms with E-state index in [1.165, 1.54) is 0 Å². The van der Waals surface area contributed by atoms with Crippen molar-refractivity contribution in [3.05, 3.63) is 29.8 Å². The molecule has 0 saturated carbocycles. The smallest absolute Gasteiger partial charge is 0.118 e. The summed E-state index contributed by atoms with van der Waals surface area (Å²) in [7, 11) is 4.98. The quantitative estimate of drug-likeness (QED) is 0.587. The minimum Gasteiger partial charge on any atom is -0.497 e.